The Morgan fingerprint density at radius 3 is 3.00 bits per heavy atom. The van der Waals surface area contributed by atoms with E-state index in [1.54, 1.807) is 18.3 Å². The zero-order valence-corrected chi connectivity index (χ0v) is 10.0. The number of hydrogen-bond acceptors (Lipinski definition) is 4. The highest BCUT2D eigenvalue weighted by molar-refractivity contribution is 7.10. The highest BCUT2D eigenvalue weighted by Crippen LogP contribution is 2.37. The molecule has 0 aliphatic carbocycles. The third kappa shape index (κ3) is 2.03. The molecule has 3 nitrogen and oxygen atoms in total. The van der Waals surface area contributed by atoms with E-state index >= 15 is 0 Å². The lowest BCUT2D eigenvalue weighted by atomic mass is 10.0. The fourth-order valence-corrected chi connectivity index (χ4v) is 2.55. The molecule has 2 heterocycles. The van der Waals surface area contributed by atoms with Crippen LogP contribution in [0.4, 0.5) is 0 Å². The molecule has 1 aromatic heterocycles. The van der Waals surface area contributed by atoms with E-state index in [1.807, 2.05) is 17.5 Å². The van der Waals surface area contributed by atoms with Crippen LogP contribution in [-0.4, -0.2) is 19.2 Å². The van der Waals surface area contributed by atoms with E-state index in [0.717, 1.165) is 4.88 Å². The maximum absolute atomic E-state index is 11.6. The predicted octanol–water partition coefficient (Wildman–Crippen LogP) is 2.48. The monoisotopic (exact) mass is 238 g/mol. The first-order chi connectivity index (χ1) is 7.64. The zero-order valence-electron chi connectivity index (χ0n) is 9.19. The number of esters is 1. The molecule has 1 atom stereocenters. The van der Waals surface area contributed by atoms with Crippen LogP contribution in [-0.2, 0) is 19.9 Å². The van der Waals surface area contributed by atoms with Crippen molar-refractivity contribution in [1.29, 1.82) is 0 Å². The molecule has 16 heavy (non-hydrogen) atoms. The van der Waals surface area contributed by atoms with E-state index in [-0.39, 0.29) is 5.97 Å². The normalized spacial score (nSPS) is 24.3. The molecule has 1 unspecified atom stereocenters. The summed E-state index contributed by atoms with van der Waals surface area (Å²) >= 11 is 1.59. The summed E-state index contributed by atoms with van der Waals surface area (Å²) in [4.78, 5) is 12.7. The summed E-state index contributed by atoms with van der Waals surface area (Å²) in [6.07, 6.45) is 0.715. The number of carbonyl (C=O) groups excluding carboxylic acids is 1. The summed E-state index contributed by atoms with van der Waals surface area (Å²) in [6.45, 7) is 6.31. The van der Waals surface area contributed by atoms with Crippen molar-refractivity contribution >= 4 is 17.3 Å². The number of carbonyl (C=O) groups is 1. The third-order valence-corrected chi connectivity index (χ3v) is 3.65. The van der Waals surface area contributed by atoms with Gasteiger partial charge in [-0.1, -0.05) is 12.6 Å². The maximum atomic E-state index is 11.6. The first-order valence-corrected chi connectivity index (χ1v) is 6.03. The highest BCUT2D eigenvalue weighted by Gasteiger charge is 2.41. The second-order valence-corrected chi connectivity index (χ2v) is 4.89. The van der Waals surface area contributed by atoms with Gasteiger partial charge in [0.05, 0.1) is 18.1 Å². The molecule has 1 aliphatic rings. The molecule has 1 saturated heterocycles. The average molecular weight is 238 g/mol. The van der Waals surface area contributed by atoms with Crippen LogP contribution >= 0.6 is 11.3 Å². The fourth-order valence-electron chi connectivity index (χ4n) is 1.67. The van der Waals surface area contributed by atoms with E-state index in [0.29, 0.717) is 25.2 Å². The van der Waals surface area contributed by atoms with Crippen molar-refractivity contribution in [3.05, 3.63) is 34.5 Å². The fraction of sp³-hybridized carbons (Fsp3) is 0.417. The molecule has 0 bridgehead atoms. The number of thiophene rings is 1. The molecule has 0 aromatic carbocycles. The van der Waals surface area contributed by atoms with Crippen LogP contribution in [0.3, 0.4) is 0 Å². The van der Waals surface area contributed by atoms with Gasteiger partial charge in [-0.3, -0.25) is 0 Å². The topological polar surface area (TPSA) is 35.5 Å². The smallest absolute Gasteiger partial charge is 0.334 e. The molecule has 4 heteroatoms. The van der Waals surface area contributed by atoms with Crippen LogP contribution in [0.5, 0.6) is 0 Å². The Kier molecular flexibility index (Phi) is 3.12. The Hall–Kier alpha value is -1.13. The second-order valence-electron chi connectivity index (χ2n) is 3.94. The Morgan fingerprint density at radius 1 is 1.69 bits per heavy atom. The molecular weight excluding hydrogens is 224 g/mol. The van der Waals surface area contributed by atoms with E-state index in [9.17, 15) is 4.79 Å². The predicted molar refractivity (Wildman–Crippen MR) is 62.3 cm³/mol. The molecule has 86 valence electrons. The van der Waals surface area contributed by atoms with Crippen molar-refractivity contribution in [2.75, 3.05) is 13.2 Å². The lowest BCUT2D eigenvalue weighted by Gasteiger charge is -2.26. The van der Waals surface area contributed by atoms with Crippen molar-refractivity contribution in [3.8, 4) is 0 Å². The SMILES string of the molecule is C=C(C)C(=O)OC1(c2cccs2)CCOC1. The van der Waals surface area contributed by atoms with Gasteiger partial charge in [-0.2, -0.15) is 0 Å². The van der Waals surface area contributed by atoms with Crippen LogP contribution < -0.4 is 0 Å². The first-order valence-electron chi connectivity index (χ1n) is 5.15. The Balaban J connectivity index is 2.23. The van der Waals surface area contributed by atoms with Gasteiger partial charge in [0.1, 0.15) is 0 Å². The molecule has 0 spiro atoms. The summed E-state index contributed by atoms with van der Waals surface area (Å²) in [5.41, 5.74) is -0.174. The molecule has 2 rings (SSSR count). The largest absolute Gasteiger partial charge is 0.447 e. The van der Waals surface area contributed by atoms with Crippen LogP contribution in [0.15, 0.2) is 29.7 Å². The minimum Gasteiger partial charge on any atom is -0.447 e. The number of rotatable bonds is 3. The van der Waals surface area contributed by atoms with Gasteiger partial charge in [0.25, 0.3) is 0 Å². The lowest BCUT2D eigenvalue weighted by Crippen LogP contribution is -2.32. The summed E-state index contributed by atoms with van der Waals surface area (Å²) in [6, 6.07) is 3.93. The first kappa shape index (κ1) is 11.4. The quantitative estimate of drug-likeness (QED) is 0.599. The van der Waals surface area contributed by atoms with E-state index in [2.05, 4.69) is 6.58 Å². The van der Waals surface area contributed by atoms with Crippen molar-refractivity contribution in [1.82, 2.24) is 0 Å². The summed E-state index contributed by atoms with van der Waals surface area (Å²) in [5.74, 6) is -0.348. The van der Waals surface area contributed by atoms with Crippen molar-refractivity contribution < 1.29 is 14.3 Å². The van der Waals surface area contributed by atoms with Gasteiger partial charge in [0.2, 0.25) is 0 Å². The van der Waals surface area contributed by atoms with Crippen LogP contribution in [0.1, 0.15) is 18.2 Å². The molecular formula is C12H14O3S. The Labute approximate surface area is 98.7 Å². The van der Waals surface area contributed by atoms with Crippen LogP contribution in [0.2, 0.25) is 0 Å². The second kappa shape index (κ2) is 4.39. The van der Waals surface area contributed by atoms with Crippen molar-refractivity contribution in [3.63, 3.8) is 0 Å². The number of hydrogen-bond donors (Lipinski definition) is 0. The van der Waals surface area contributed by atoms with Crippen LogP contribution in [0, 0.1) is 0 Å². The van der Waals surface area contributed by atoms with Crippen LogP contribution in [0.25, 0.3) is 0 Å². The summed E-state index contributed by atoms with van der Waals surface area (Å²) < 4.78 is 10.9. The summed E-state index contributed by atoms with van der Waals surface area (Å²) in [5, 5.41) is 1.98. The molecule has 0 amide bonds. The van der Waals surface area contributed by atoms with Crippen molar-refractivity contribution in [2.45, 2.75) is 18.9 Å². The Bertz CT molecular complexity index is 388. The maximum Gasteiger partial charge on any atom is 0.334 e. The molecule has 0 saturated carbocycles. The van der Waals surface area contributed by atoms with E-state index in [1.165, 1.54) is 0 Å². The minimum atomic E-state index is -0.593. The minimum absolute atomic E-state index is 0.348. The zero-order chi connectivity index (χ0) is 11.6. The average Bonchev–Trinajstić information content (AvgIpc) is 2.87. The molecule has 0 radical (unpaired) electrons. The van der Waals surface area contributed by atoms with E-state index < -0.39 is 5.60 Å². The van der Waals surface area contributed by atoms with Gasteiger partial charge < -0.3 is 9.47 Å². The van der Waals surface area contributed by atoms with Gasteiger partial charge >= 0.3 is 5.97 Å². The molecule has 0 N–H and O–H groups in total. The van der Waals surface area contributed by atoms with E-state index in [4.69, 9.17) is 9.47 Å². The molecule has 1 aliphatic heterocycles. The lowest BCUT2D eigenvalue weighted by molar-refractivity contribution is -0.155. The van der Waals surface area contributed by atoms with Crippen molar-refractivity contribution in [2.24, 2.45) is 0 Å². The molecule has 1 fully saturated rings. The van der Waals surface area contributed by atoms with Gasteiger partial charge in [-0.05, 0) is 18.4 Å². The Morgan fingerprint density at radius 2 is 2.50 bits per heavy atom. The summed E-state index contributed by atoms with van der Waals surface area (Å²) in [7, 11) is 0. The highest BCUT2D eigenvalue weighted by atomic mass is 32.1. The van der Waals surface area contributed by atoms with Gasteiger partial charge in [0, 0.05) is 12.0 Å². The third-order valence-electron chi connectivity index (χ3n) is 2.59. The molecule has 1 aromatic rings. The van der Waals surface area contributed by atoms with Gasteiger partial charge in [-0.15, -0.1) is 11.3 Å². The van der Waals surface area contributed by atoms with Gasteiger partial charge in [-0.25, -0.2) is 4.79 Å². The number of ether oxygens (including phenoxy) is 2. The standard InChI is InChI=1S/C12H14O3S/c1-9(2)11(13)15-12(5-6-14-8-12)10-4-3-7-16-10/h3-4,7H,1,5-6,8H2,2H3. The van der Waals surface area contributed by atoms with Gasteiger partial charge in [0.15, 0.2) is 5.60 Å².